The van der Waals surface area contributed by atoms with Crippen LogP contribution in [0.25, 0.3) is 10.7 Å². The van der Waals surface area contributed by atoms with Crippen molar-refractivity contribution >= 4 is 34.8 Å². The van der Waals surface area contributed by atoms with E-state index in [1.807, 2.05) is 19.1 Å². The summed E-state index contributed by atoms with van der Waals surface area (Å²) in [6.07, 6.45) is 0.590. The number of hydrogen-bond acceptors (Lipinski definition) is 6. The molecule has 9 heteroatoms. The van der Waals surface area contributed by atoms with Gasteiger partial charge in [0.1, 0.15) is 5.71 Å². The van der Waals surface area contributed by atoms with Gasteiger partial charge in [0.2, 0.25) is 11.9 Å². The number of aryl methyl sites for hydroxylation is 1. The Morgan fingerprint density at radius 2 is 2.23 bits per heavy atom. The van der Waals surface area contributed by atoms with E-state index in [9.17, 15) is 9.59 Å². The summed E-state index contributed by atoms with van der Waals surface area (Å²) in [4.78, 5) is 29.8. The molecule has 114 valence electrons. The lowest BCUT2D eigenvalue weighted by atomic mass is 10.1. The summed E-state index contributed by atoms with van der Waals surface area (Å²) in [5.41, 5.74) is 0.292. The number of anilines is 1. The number of hydrogen-bond donors (Lipinski definition) is 2. The molecule has 0 atom stereocenters. The van der Waals surface area contributed by atoms with Crippen LogP contribution >= 0.6 is 11.3 Å². The first-order chi connectivity index (χ1) is 10.5. The second-order valence-electron chi connectivity index (χ2n) is 4.84. The Bertz CT molecular complexity index is 762. The van der Waals surface area contributed by atoms with Crippen molar-refractivity contribution < 1.29 is 9.59 Å². The fourth-order valence-electron chi connectivity index (χ4n) is 2.00. The van der Waals surface area contributed by atoms with E-state index in [0.29, 0.717) is 18.0 Å². The van der Waals surface area contributed by atoms with Gasteiger partial charge in [-0.3, -0.25) is 20.0 Å². The number of carbonyl (C=O) groups is 2. The summed E-state index contributed by atoms with van der Waals surface area (Å²) < 4.78 is 0. The van der Waals surface area contributed by atoms with Gasteiger partial charge in [0.05, 0.1) is 4.88 Å². The lowest BCUT2D eigenvalue weighted by Crippen LogP contribution is -2.34. The van der Waals surface area contributed by atoms with E-state index in [-0.39, 0.29) is 18.3 Å². The minimum Gasteiger partial charge on any atom is -0.288 e. The van der Waals surface area contributed by atoms with Crippen molar-refractivity contribution in [1.29, 1.82) is 0 Å². The molecule has 22 heavy (non-hydrogen) atoms. The number of H-pyrrole nitrogens is 1. The monoisotopic (exact) mass is 318 g/mol. The third kappa shape index (κ3) is 2.89. The number of nitrogens with zero attached hydrogens (tertiary/aromatic N) is 4. The van der Waals surface area contributed by atoms with Crippen LogP contribution < -0.4 is 5.32 Å². The van der Waals surface area contributed by atoms with E-state index in [1.165, 1.54) is 16.9 Å². The maximum atomic E-state index is 12.1. The molecule has 0 aromatic carbocycles. The van der Waals surface area contributed by atoms with Gasteiger partial charge in [0.25, 0.3) is 5.91 Å². The number of hydrazone groups is 1. The van der Waals surface area contributed by atoms with E-state index >= 15 is 0 Å². The van der Waals surface area contributed by atoms with Gasteiger partial charge >= 0.3 is 0 Å². The third-order valence-corrected chi connectivity index (χ3v) is 4.16. The van der Waals surface area contributed by atoms with Crippen molar-refractivity contribution in [1.82, 2.24) is 20.2 Å². The summed E-state index contributed by atoms with van der Waals surface area (Å²) in [7, 11) is 1.53. The van der Waals surface area contributed by atoms with Gasteiger partial charge in [-0.25, -0.2) is 5.01 Å². The first-order valence-corrected chi connectivity index (χ1v) is 7.49. The van der Waals surface area contributed by atoms with E-state index < -0.39 is 5.91 Å². The minimum absolute atomic E-state index is 0.107. The van der Waals surface area contributed by atoms with Crippen molar-refractivity contribution in [3.05, 3.63) is 17.0 Å². The maximum Gasteiger partial charge on any atom is 0.274 e. The molecule has 0 bridgehead atoms. The summed E-state index contributed by atoms with van der Waals surface area (Å²) in [5.74, 6) is 0.289. The normalized spacial score (nSPS) is 14.9. The van der Waals surface area contributed by atoms with Crippen LogP contribution in [0.4, 0.5) is 5.95 Å². The third-order valence-electron chi connectivity index (χ3n) is 3.15. The lowest BCUT2D eigenvalue weighted by molar-refractivity contribution is -0.130. The first-order valence-electron chi connectivity index (χ1n) is 6.67. The number of aromatic nitrogens is 3. The predicted octanol–water partition coefficient (Wildman–Crippen LogP) is 1.39. The molecule has 0 fully saturated rings. The summed E-state index contributed by atoms with van der Waals surface area (Å²) in [5, 5.41) is 14.5. The molecule has 0 spiro atoms. The van der Waals surface area contributed by atoms with Gasteiger partial charge in [-0.05, 0) is 19.1 Å². The van der Waals surface area contributed by atoms with Crippen LogP contribution in [-0.2, 0) is 9.59 Å². The molecule has 2 aromatic heterocycles. The fraction of sp³-hybridized carbons (Fsp3) is 0.308. The van der Waals surface area contributed by atoms with Crippen LogP contribution in [0, 0.1) is 6.92 Å². The van der Waals surface area contributed by atoms with E-state index in [1.54, 1.807) is 11.3 Å². The molecule has 1 aliphatic heterocycles. The molecule has 2 N–H and O–H groups in total. The quantitative estimate of drug-likeness (QED) is 0.892. The van der Waals surface area contributed by atoms with Gasteiger partial charge in [-0.15, -0.1) is 16.4 Å². The fourth-order valence-corrected chi connectivity index (χ4v) is 2.80. The van der Waals surface area contributed by atoms with Gasteiger partial charge in [0.15, 0.2) is 5.82 Å². The molecule has 0 unspecified atom stereocenters. The van der Waals surface area contributed by atoms with Crippen LogP contribution in [0.1, 0.15) is 17.7 Å². The number of rotatable bonds is 3. The molecule has 0 aliphatic carbocycles. The molecule has 0 saturated carbocycles. The van der Waals surface area contributed by atoms with Crippen LogP contribution in [0.2, 0.25) is 0 Å². The van der Waals surface area contributed by atoms with Crippen LogP contribution in [0.15, 0.2) is 17.2 Å². The molecule has 0 radical (unpaired) electrons. The maximum absolute atomic E-state index is 12.1. The number of thiophene rings is 1. The first kappa shape index (κ1) is 14.4. The summed E-state index contributed by atoms with van der Waals surface area (Å²) in [6, 6.07) is 3.93. The van der Waals surface area contributed by atoms with E-state index in [2.05, 4.69) is 25.6 Å². The number of nitrogens with one attached hydrogen (secondary N) is 2. The zero-order chi connectivity index (χ0) is 15.7. The lowest BCUT2D eigenvalue weighted by Gasteiger charge is -2.18. The summed E-state index contributed by atoms with van der Waals surface area (Å²) >= 11 is 1.59. The second-order valence-corrected chi connectivity index (χ2v) is 6.12. The average Bonchev–Trinajstić information content (AvgIpc) is 3.10. The molecule has 2 aromatic rings. The van der Waals surface area contributed by atoms with Crippen LogP contribution in [-0.4, -0.2) is 44.8 Å². The number of aromatic amines is 1. The highest BCUT2D eigenvalue weighted by atomic mass is 32.1. The van der Waals surface area contributed by atoms with Gasteiger partial charge < -0.3 is 0 Å². The molecule has 2 amide bonds. The standard InChI is InChI=1S/C13H14N6O2S/c1-7-3-5-9(22-7)11-14-13(17-16-11)15-12(21)8-4-6-10(20)19(2)18-8/h3,5H,4,6H2,1-2H3,(H2,14,15,16,17,21). The second kappa shape index (κ2) is 5.68. The molecular weight excluding hydrogens is 304 g/mol. The smallest absolute Gasteiger partial charge is 0.274 e. The highest BCUT2D eigenvalue weighted by Crippen LogP contribution is 2.25. The molecule has 3 heterocycles. The Balaban J connectivity index is 1.71. The van der Waals surface area contributed by atoms with Crippen molar-refractivity contribution in [3.63, 3.8) is 0 Å². The minimum atomic E-state index is -0.396. The molecule has 1 aliphatic rings. The average molecular weight is 318 g/mol. The van der Waals surface area contributed by atoms with Crippen LogP contribution in [0.3, 0.4) is 0 Å². The van der Waals surface area contributed by atoms with Crippen molar-refractivity contribution in [2.75, 3.05) is 12.4 Å². The van der Waals surface area contributed by atoms with Crippen molar-refractivity contribution in [2.24, 2.45) is 5.10 Å². The highest BCUT2D eigenvalue weighted by Gasteiger charge is 2.22. The topological polar surface area (TPSA) is 103 Å². The largest absolute Gasteiger partial charge is 0.288 e. The predicted molar refractivity (Wildman–Crippen MR) is 82.5 cm³/mol. The van der Waals surface area contributed by atoms with Crippen LogP contribution in [0.5, 0.6) is 0 Å². The van der Waals surface area contributed by atoms with Crippen molar-refractivity contribution in [3.8, 4) is 10.7 Å². The number of carbonyl (C=O) groups excluding carboxylic acids is 2. The Kier molecular flexibility index (Phi) is 3.72. The van der Waals surface area contributed by atoms with Gasteiger partial charge in [-0.1, -0.05) is 0 Å². The Hall–Kier alpha value is -2.55. The summed E-state index contributed by atoms with van der Waals surface area (Å²) in [6.45, 7) is 2.01. The molecule has 3 rings (SSSR count). The van der Waals surface area contributed by atoms with E-state index in [0.717, 1.165) is 4.88 Å². The molecule has 0 saturated heterocycles. The van der Waals surface area contributed by atoms with Gasteiger partial charge in [-0.2, -0.15) is 10.1 Å². The zero-order valence-corrected chi connectivity index (χ0v) is 12.9. The number of amides is 2. The van der Waals surface area contributed by atoms with Gasteiger partial charge in [0, 0.05) is 24.8 Å². The SMILES string of the molecule is Cc1ccc(-c2nc(NC(=O)C3=NN(C)C(=O)CC3)n[nH]2)s1. The van der Waals surface area contributed by atoms with Crippen molar-refractivity contribution in [2.45, 2.75) is 19.8 Å². The molecule has 8 nitrogen and oxygen atoms in total. The zero-order valence-electron chi connectivity index (χ0n) is 12.1. The Morgan fingerprint density at radius 1 is 1.41 bits per heavy atom. The highest BCUT2D eigenvalue weighted by molar-refractivity contribution is 7.15. The Morgan fingerprint density at radius 3 is 2.91 bits per heavy atom. The molecular formula is C13H14N6O2S. The van der Waals surface area contributed by atoms with E-state index in [4.69, 9.17) is 0 Å². The Labute approximate surface area is 130 Å².